The van der Waals surface area contributed by atoms with E-state index in [0.717, 1.165) is 17.8 Å². The van der Waals surface area contributed by atoms with Crippen LogP contribution in [0.2, 0.25) is 19.6 Å². The lowest BCUT2D eigenvalue weighted by atomic mass is 9.55. The Kier molecular flexibility index (Phi) is 3.76. The average molecular weight is 341 g/mol. The monoisotopic (exact) mass is 340 g/mol. The van der Waals surface area contributed by atoms with E-state index in [1.165, 1.54) is 43.4 Å². The van der Waals surface area contributed by atoms with Crippen LogP contribution in [0, 0.1) is 24.2 Å². The first-order chi connectivity index (χ1) is 11.3. The highest BCUT2D eigenvalue weighted by molar-refractivity contribution is 6.70. The summed E-state index contributed by atoms with van der Waals surface area (Å²) in [4.78, 5) is 0. The zero-order valence-electron chi connectivity index (χ0n) is 16.0. The summed E-state index contributed by atoms with van der Waals surface area (Å²) in [7, 11) is -1.52. The standard InChI is InChI=1S/C22H32OSi/c1-15-6-8-17-16(14-15)7-9-19-18(17)12-13-22(2)20(19)10-11-21(22)23-24(3,4)5/h6,8,11,14,18-20H,7,9-10,12-13H2,1-5H3/t18?,19?,20?,22-/m0/s1. The molecule has 0 heterocycles. The van der Waals surface area contributed by atoms with E-state index in [-0.39, 0.29) is 0 Å². The quantitative estimate of drug-likeness (QED) is 0.583. The molecule has 1 aromatic rings. The molecule has 2 heteroatoms. The second kappa shape index (κ2) is 5.49. The van der Waals surface area contributed by atoms with Gasteiger partial charge in [0.1, 0.15) is 0 Å². The third kappa shape index (κ3) is 2.58. The van der Waals surface area contributed by atoms with Crippen LogP contribution in [0.1, 0.15) is 55.2 Å². The molecule has 3 aliphatic rings. The van der Waals surface area contributed by atoms with E-state index in [1.807, 2.05) is 0 Å². The molecule has 1 fully saturated rings. The Morgan fingerprint density at radius 1 is 1.17 bits per heavy atom. The second-order valence-electron chi connectivity index (χ2n) is 9.59. The third-order valence-electron chi connectivity index (χ3n) is 6.81. The number of fused-ring (bicyclic) bond motifs is 5. The molecule has 0 aliphatic heterocycles. The van der Waals surface area contributed by atoms with Gasteiger partial charge in [0, 0.05) is 5.41 Å². The van der Waals surface area contributed by atoms with Crippen molar-refractivity contribution >= 4 is 8.32 Å². The van der Waals surface area contributed by atoms with E-state index >= 15 is 0 Å². The Bertz CT molecular complexity index is 684. The fourth-order valence-electron chi connectivity index (χ4n) is 5.73. The van der Waals surface area contributed by atoms with Gasteiger partial charge in [-0.15, -0.1) is 0 Å². The lowest BCUT2D eigenvalue weighted by Crippen LogP contribution is -2.43. The normalized spacial score (nSPS) is 34.9. The lowest BCUT2D eigenvalue weighted by Gasteiger charge is -2.50. The predicted octanol–water partition coefficient (Wildman–Crippen LogP) is 6.20. The molecule has 1 nitrogen and oxygen atoms in total. The molecule has 4 atom stereocenters. The molecule has 24 heavy (non-hydrogen) atoms. The SMILES string of the molecule is Cc1ccc2c(c1)CCC1C2CC[C@]2(C)C(O[Si](C)(C)C)=CCC12. The number of hydrogen-bond acceptors (Lipinski definition) is 1. The van der Waals surface area contributed by atoms with Gasteiger partial charge in [-0.2, -0.15) is 0 Å². The van der Waals surface area contributed by atoms with Crippen molar-refractivity contribution in [1.82, 2.24) is 0 Å². The van der Waals surface area contributed by atoms with Gasteiger partial charge in [0.05, 0.1) is 5.76 Å². The van der Waals surface area contributed by atoms with Crippen LogP contribution in [0.15, 0.2) is 30.0 Å². The molecule has 4 rings (SSSR count). The molecular formula is C22H32OSi. The highest BCUT2D eigenvalue weighted by Gasteiger charge is 2.53. The topological polar surface area (TPSA) is 9.23 Å². The van der Waals surface area contributed by atoms with Gasteiger partial charge in [0.2, 0.25) is 8.32 Å². The fourth-order valence-corrected chi connectivity index (χ4v) is 6.70. The van der Waals surface area contributed by atoms with Gasteiger partial charge in [0.25, 0.3) is 0 Å². The van der Waals surface area contributed by atoms with Crippen molar-refractivity contribution in [2.24, 2.45) is 17.3 Å². The Hall–Kier alpha value is -1.02. The third-order valence-corrected chi connectivity index (χ3v) is 7.64. The van der Waals surface area contributed by atoms with Crippen molar-refractivity contribution in [2.75, 3.05) is 0 Å². The highest BCUT2D eigenvalue weighted by atomic mass is 28.4. The van der Waals surface area contributed by atoms with Crippen molar-refractivity contribution in [3.05, 3.63) is 46.7 Å². The minimum atomic E-state index is -1.52. The Balaban J connectivity index is 1.62. The summed E-state index contributed by atoms with van der Waals surface area (Å²) < 4.78 is 6.54. The van der Waals surface area contributed by atoms with E-state index in [2.05, 4.69) is 57.8 Å². The zero-order chi connectivity index (χ0) is 17.1. The van der Waals surface area contributed by atoms with Crippen LogP contribution in [-0.2, 0) is 10.8 Å². The maximum absolute atomic E-state index is 6.54. The maximum atomic E-state index is 6.54. The molecule has 1 saturated carbocycles. The summed E-state index contributed by atoms with van der Waals surface area (Å²) in [6, 6.07) is 7.19. The smallest absolute Gasteiger partial charge is 0.241 e. The summed E-state index contributed by atoms with van der Waals surface area (Å²) in [5.74, 6) is 3.77. The van der Waals surface area contributed by atoms with Crippen molar-refractivity contribution in [3.63, 3.8) is 0 Å². The van der Waals surface area contributed by atoms with Gasteiger partial charge in [0.15, 0.2) is 0 Å². The number of aryl methyl sites for hydroxylation is 2. The molecule has 3 unspecified atom stereocenters. The van der Waals surface area contributed by atoms with E-state index in [0.29, 0.717) is 5.41 Å². The summed E-state index contributed by atoms with van der Waals surface area (Å²) in [6.07, 6.45) is 8.96. The molecule has 0 amide bonds. The van der Waals surface area contributed by atoms with E-state index < -0.39 is 8.32 Å². The van der Waals surface area contributed by atoms with Crippen LogP contribution in [0.5, 0.6) is 0 Å². The average Bonchev–Trinajstić information content (AvgIpc) is 2.82. The molecule has 0 aromatic heterocycles. The summed E-state index contributed by atoms with van der Waals surface area (Å²) in [5, 5.41) is 0. The predicted molar refractivity (Wildman–Crippen MR) is 104 cm³/mol. The van der Waals surface area contributed by atoms with Gasteiger partial charge < -0.3 is 4.43 Å². The van der Waals surface area contributed by atoms with Crippen LogP contribution in [0.3, 0.4) is 0 Å². The Morgan fingerprint density at radius 2 is 1.96 bits per heavy atom. The Morgan fingerprint density at radius 3 is 2.71 bits per heavy atom. The molecular weight excluding hydrogens is 308 g/mol. The van der Waals surface area contributed by atoms with Crippen LogP contribution in [-0.4, -0.2) is 8.32 Å². The van der Waals surface area contributed by atoms with Crippen molar-refractivity contribution in [2.45, 2.75) is 71.5 Å². The van der Waals surface area contributed by atoms with Crippen LogP contribution in [0.25, 0.3) is 0 Å². The molecule has 0 bridgehead atoms. The van der Waals surface area contributed by atoms with Crippen LogP contribution in [0.4, 0.5) is 0 Å². The first kappa shape index (κ1) is 16.4. The van der Waals surface area contributed by atoms with Gasteiger partial charge >= 0.3 is 0 Å². The number of hydrogen-bond donors (Lipinski definition) is 0. The van der Waals surface area contributed by atoms with Gasteiger partial charge in [-0.1, -0.05) is 30.7 Å². The van der Waals surface area contributed by atoms with Crippen molar-refractivity contribution in [3.8, 4) is 0 Å². The minimum absolute atomic E-state index is 0.295. The van der Waals surface area contributed by atoms with E-state index in [9.17, 15) is 0 Å². The first-order valence-electron chi connectivity index (χ1n) is 9.77. The molecule has 0 radical (unpaired) electrons. The lowest BCUT2D eigenvalue weighted by molar-refractivity contribution is 0.0506. The number of benzene rings is 1. The van der Waals surface area contributed by atoms with Crippen molar-refractivity contribution < 1.29 is 4.43 Å². The van der Waals surface area contributed by atoms with E-state index in [1.54, 1.807) is 11.1 Å². The second-order valence-corrected chi connectivity index (χ2v) is 14.0. The summed E-state index contributed by atoms with van der Waals surface area (Å²) in [6.45, 7) is 11.7. The summed E-state index contributed by atoms with van der Waals surface area (Å²) in [5.41, 5.74) is 5.01. The molecule has 0 saturated heterocycles. The largest absolute Gasteiger partial charge is 0.547 e. The van der Waals surface area contributed by atoms with Gasteiger partial charge in [-0.3, -0.25) is 0 Å². The number of rotatable bonds is 2. The van der Waals surface area contributed by atoms with Gasteiger partial charge in [-0.25, -0.2) is 0 Å². The van der Waals surface area contributed by atoms with Crippen LogP contribution < -0.4 is 0 Å². The molecule has 0 spiro atoms. The molecule has 0 N–H and O–H groups in total. The first-order valence-corrected chi connectivity index (χ1v) is 13.2. The number of allylic oxidation sites excluding steroid dienone is 2. The van der Waals surface area contributed by atoms with Crippen LogP contribution >= 0.6 is 0 Å². The summed E-state index contributed by atoms with van der Waals surface area (Å²) >= 11 is 0. The van der Waals surface area contributed by atoms with E-state index in [4.69, 9.17) is 4.43 Å². The molecule has 3 aliphatic carbocycles. The zero-order valence-corrected chi connectivity index (χ0v) is 17.0. The molecule has 1 aromatic carbocycles. The maximum Gasteiger partial charge on any atom is 0.241 e. The minimum Gasteiger partial charge on any atom is -0.547 e. The Labute approximate surface area is 148 Å². The molecule has 130 valence electrons. The van der Waals surface area contributed by atoms with Gasteiger partial charge in [-0.05, 0) is 93.6 Å². The highest BCUT2D eigenvalue weighted by Crippen LogP contribution is 2.61. The fraction of sp³-hybridized carbons (Fsp3) is 0.636. The van der Waals surface area contributed by atoms with Crippen molar-refractivity contribution in [1.29, 1.82) is 0 Å².